The van der Waals surface area contributed by atoms with Crippen LogP contribution < -0.4 is 0 Å². The Morgan fingerprint density at radius 1 is 0.962 bits per heavy atom. The minimum absolute atomic E-state index is 0. The summed E-state index contributed by atoms with van der Waals surface area (Å²) in [4.78, 5) is 25.7. The second kappa shape index (κ2) is 8.60. The molecule has 2 saturated heterocycles. The number of hydrogen-bond donors (Lipinski definition) is 0. The van der Waals surface area contributed by atoms with E-state index in [1.165, 1.54) is 32.3 Å². The van der Waals surface area contributed by atoms with E-state index in [1.807, 2.05) is 24.3 Å². The molecule has 1 unspecified atom stereocenters. The van der Waals surface area contributed by atoms with Gasteiger partial charge in [-0.3, -0.25) is 4.79 Å². The highest BCUT2D eigenvalue weighted by molar-refractivity contribution is 5.95. The van der Waals surface area contributed by atoms with Gasteiger partial charge in [0, 0.05) is 42.7 Å². The van der Waals surface area contributed by atoms with Gasteiger partial charge in [0.1, 0.15) is 6.33 Å². The summed E-state index contributed by atoms with van der Waals surface area (Å²) >= 11 is 0. The Bertz CT molecular complexity index is 716. The molecule has 1 aromatic carbocycles. The summed E-state index contributed by atoms with van der Waals surface area (Å²) in [5.41, 5.74) is 2.77. The molecule has 0 bridgehead atoms. The summed E-state index contributed by atoms with van der Waals surface area (Å²) in [6.07, 6.45) is 9.93. The van der Waals surface area contributed by atoms with Crippen LogP contribution in [0, 0.1) is 0 Å². The van der Waals surface area contributed by atoms with Crippen molar-refractivity contribution >= 4 is 18.3 Å². The molecule has 5 nitrogen and oxygen atoms in total. The Kier molecular flexibility index (Phi) is 6.22. The molecule has 4 rings (SSSR count). The topological polar surface area (TPSA) is 49.3 Å². The van der Waals surface area contributed by atoms with Gasteiger partial charge < -0.3 is 9.80 Å². The van der Waals surface area contributed by atoms with Crippen LogP contribution in [0.2, 0.25) is 0 Å². The Hall–Kier alpha value is -1.98. The van der Waals surface area contributed by atoms with E-state index in [0.29, 0.717) is 6.04 Å². The minimum atomic E-state index is 0. The van der Waals surface area contributed by atoms with Crippen molar-refractivity contribution in [2.24, 2.45) is 0 Å². The van der Waals surface area contributed by atoms with Gasteiger partial charge in [-0.25, -0.2) is 9.97 Å². The minimum Gasteiger partial charge on any atom is -0.334 e. The van der Waals surface area contributed by atoms with Crippen molar-refractivity contribution in [1.29, 1.82) is 0 Å². The lowest BCUT2D eigenvalue weighted by molar-refractivity contribution is 0.0709. The summed E-state index contributed by atoms with van der Waals surface area (Å²) in [7, 11) is 0. The quantitative estimate of drug-likeness (QED) is 0.826. The average molecular weight is 373 g/mol. The molecule has 2 aliphatic rings. The lowest BCUT2D eigenvalue weighted by Gasteiger charge is -2.28. The number of hydrogen-bond acceptors (Lipinski definition) is 4. The van der Waals surface area contributed by atoms with Crippen molar-refractivity contribution in [2.75, 3.05) is 26.2 Å². The van der Waals surface area contributed by atoms with E-state index in [9.17, 15) is 4.79 Å². The number of nitrogens with zero attached hydrogens (tertiary/aromatic N) is 4. The smallest absolute Gasteiger partial charge is 0.254 e. The number of carbonyl (C=O) groups is 1. The standard InChI is InChI=1S/C20H24N4O.ClH/c25-20(24-11-3-4-19(24)14-23-9-1-2-10-23)17-7-5-16(6-8-17)18-12-21-15-22-13-18;/h5-8,12-13,15,19H,1-4,9-11,14H2;1H. The van der Waals surface area contributed by atoms with Gasteiger partial charge in [0.05, 0.1) is 0 Å². The van der Waals surface area contributed by atoms with E-state index >= 15 is 0 Å². The molecule has 1 amide bonds. The van der Waals surface area contributed by atoms with Gasteiger partial charge >= 0.3 is 0 Å². The number of carbonyl (C=O) groups excluding carboxylic acids is 1. The van der Waals surface area contributed by atoms with Crippen LogP contribution in [0.3, 0.4) is 0 Å². The molecule has 0 radical (unpaired) electrons. The Labute approximate surface area is 160 Å². The molecule has 0 N–H and O–H groups in total. The summed E-state index contributed by atoms with van der Waals surface area (Å²) in [6, 6.07) is 8.19. The maximum absolute atomic E-state index is 13.0. The molecule has 0 aliphatic carbocycles. The summed E-state index contributed by atoms with van der Waals surface area (Å²) in [6.45, 7) is 4.29. The van der Waals surface area contributed by atoms with Crippen LogP contribution >= 0.6 is 12.4 Å². The number of aromatic nitrogens is 2. The predicted octanol–water partition coefficient (Wildman–Crippen LogP) is 3.27. The number of benzene rings is 1. The van der Waals surface area contributed by atoms with Crippen molar-refractivity contribution in [3.63, 3.8) is 0 Å². The van der Waals surface area contributed by atoms with Crippen LogP contribution in [0.25, 0.3) is 11.1 Å². The van der Waals surface area contributed by atoms with Gasteiger partial charge in [-0.2, -0.15) is 0 Å². The highest BCUT2D eigenvalue weighted by Gasteiger charge is 2.31. The Morgan fingerprint density at radius 2 is 1.65 bits per heavy atom. The molecule has 138 valence electrons. The highest BCUT2D eigenvalue weighted by Crippen LogP contribution is 2.24. The Morgan fingerprint density at radius 3 is 2.35 bits per heavy atom. The van der Waals surface area contributed by atoms with Gasteiger partial charge in [0.15, 0.2) is 0 Å². The van der Waals surface area contributed by atoms with Crippen molar-refractivity contribution < 1.29 is 4.79 Å². The zero-order valence-corrected chi connectivity index (χ0v) is 15.7. The zero-order valence-electron chi connectivity index (χ0n) is 14.9. The maximum atomic E-state index is 13.0. The summed E-state index contributed by atoms with van der Waals surface area (Å²) in [5.74, 6) is 0.164. The van der Waals surface area contributed by atoms with Crippen LogP contribution in [0.5, 0.6) is 0 Å². The number of rotatable bonds is 4. The zero-order chi connectivity index (χ0) is 17.1. The first-order chi connectivity index (χ1) is 12.3. The van der Waals surface area contributed by atoms with E-state index in [4.69, 9.17) is 0 Å². The fourth-order valence-electron chi connectivity index (χ4n) is 3.98. The van der Waals surface area contributed by atoms with Crippen LogP contribution in [-0.4, -0.2) is 57.9 Å². The second-order valence-electron chi connectivity index (χ2n) is 7.01. The third-order valence-electron chi connectivity index (χ3n) is 5.33. The molecule has 2 aromatic rings. The molecule has 0 spiro atoms. The molecule has 2 aliphatic heterocycles. The largest absolute Gasteiger partial charge is 0.334 e. The van der Waals surface area contributed by atoms with Crippen molar-refractivity contribution in [3.8, 4) is 11.1 Å². The average Bonchev–Trinajstić information content (AvgIpc) is 3.34. The van der Waals surface area contributed by atoms with Crippen molar-refractivity contribution in [2.45, 2.75) is 31.7 Å². The fraction of sp³-hybridized carbons (Fsp3) is 0.450. The third-order valence-corrected chi connectivity index (χ3v) is 5.33. The van der Waals surface area contributed by atoms with Crippen molar-refractivity contribution in [3.05, 3.63) is 48.5 Å². The first-order valence-corrected chi connectivity index (χ1v) is 9.20. The predicted molar refractivity (Wildman–Crippen MR) is 104 cm³/mol. The molecule has 3 heterocycles. The monoisotopic (exact) mass is 372 g/mol. The molecule has 0 saturated carbocycles. The molecule has 26 heavy (non-hydrogen) atoms. The number of amides is 1. The molecular weight excluding hydrogens is 348 g/mol. The molecule has 2 fully saturated rings. The SMILES string of the molecule is Cl.O=C(c1ccc(-c2cncnc2)cc1)N1CCCC1CN1CCCC1. The van der Waals surface area contributed by atoms with Crippen LogP contribution in [0.1, 0.15) is 36.0 Å². The summed E-state index contributed by atoms with van der Waals surface area (Å²) < 4.78 is 0. The van der Waals surface area contributed by atoms with Crippen LogP contribution in [0.15, 0.2) is 43.0 Å². The van der Waals surface area contributed by atoms with E-state index in [0.717, 1.165) is 42.6 Å². The molecule has 1 aromatic heterocycles. The van der Waals surface area contributed by atoms with Crippen LogP contribution in [-0.2, 0) is 0 Å². The number of halogens is 1. The molecular formula is C20H25ClN4O. The summed E-state index contributed by atoms with van der Waals surface area (Å²) in [5, 5.41) is 0. The number of likely N-dealkylation sites (tertiary alicyclic amines) is 2. The normalized spacial score (nSPS) is 20.2. The van der Waals surface area contributed by atoms with E-state index in [2.05, 4.69) is 19.8 Å². The Balaban J connectivity index is 0.00000196. The first-order valence-electron chi connectivity index (χ1n) is 9.20. The van der Waals surface area contributed by atoms with Gasteiger partial charge in [0.2, 0.25) is 0 Å². The lowest BCUT2D eigenvalue weighted by Crippen LogP contribution is -2.42. The maximum Gasteiger partial charge on any atom is 0.254 e. The third kappa shape index (κ3) is 4.05. The van der Waals surface area contributed by atoms with Gasteiger partial charge in [-0.1, -0.05) is 12.1 Å². The van der Waals surface area contributed by atoms with Gasteiger partial charge in [-0.05, 0) is 56.5 Å². The van der Waals surface area contributed by atoms with Crippen molar-refractivity contribution in [1.82, 2.24) is 19.8 Å². The second-order valence-corrected chi connectivity index (χ2v) is 7.01. The fourth-order valence-corrected chi connectivity index (χ4v) is 3.98. The van der Waals surface area contributed by atoms with E-state index in [1.54, 1.807) is 12.4 Å². The molecule has 1 atom stereocenters. The first kappa shape index (κ1) is 18.8. The van der Waals surface area contributed by atoms with Crippen LogP contribution in [0.4, 0.5) is 0 Å². The van der Waals surface area contributed by atoms with E-state index < -0.39 is 0 Å². The van der Waals surface area contributed by atoms with Gasteiger partial charge in [-0.15, -0.1) is 12.4 Å². The van der Waals surface area contributed by atoms with Gasteiger partial charge in [0.25, 0.3) is 5.91 Å². The lowest BCUT2D eigenvalue weighted by atomic mass is 10.1. The van der Waals surface area contributed by atoms with E-state index in [-0.39, 0.29) is 18.3 Å². The highest BCUT2D eigenvalue weighted by atomic mass is 35.5. The molecule has 6 heteroatoms.